The maximum Gasteiger partial charge on any atom is 0.250 e. The molecule has 25 heavy (non-hydrogen) atoms. The second-order valence-corrected chi connectivity index (χ2v) is 7.31. The molecule has 130 valence electrons. The van der Waals surface area contributed by atoms with E-state index in [0.29, 0.717) is 5.92 Å². The van der Waals surface area contributed by atoms with Gasteiger partial charge in [0.2, 0.25) is 5.91 Å². The van der Waals surface area contributed by atoms with Crippen molar-refractivity contribution >= 4 is 5.91 Å². The Morgan fingerprint density at radius 1 is 1.08 bits per heavy atom. The molecule has 1 aromatic heterocycles. The van der Waals surface area contributed by atoms with Gasteiger partial charge in [0.1, 0.15) is 0 Å². The number of hydrogen-bond donors (Lipinski definition) is 0. The Morgan fingerprint density at radius 3 is 2.64 bits per heavy atom. The third kappa shape index (κ3) is 2.90. The van der Waals surface area contributed by atoms with Crippen LogP contribution < -0.4 is 5.56 Å². The summed E-state index contributed by atoms with van der Waals surface area (Å²) < 4.78 is 1.91. The zero-order valence-corrected chi connectivity index (χ0v) is 14.6. The minimum atomic E-state index is -0.0713. The highest BCUT2D eigenvalue weighted by molar-refractivity contribution is 5.84. The van der Waals surface area contributed by atoms with E-state index in [0.717, 1.165) is 43.7 Å². The minimum Gasteiger partial charge on any atom is -0.341 e. The Hall–Kier alpha value is -2.36. The maximum atomic E-state index is 13.2. The minimum absolute atomic E-state index is 0.0713. The molecule has 2 bridgehead atoms. The molecule has 1 fully saturated rings. The van der Waals surface area contributed by atoms with Crippen molar-refractivity contribution in [2.45, 2.75) is 38.1 Å². The summed E-state index contributed by atoms with van der Waals surface area (Å²) >= 11 is 0. The van der Waals surface area contributed by atoms with Gasteiger partial charge in [-0.25, -0.2) is 0 Å². The van der Waals surface area contributed by atoms with E-state index >= 15 is 0 Å². The van der Waals surface area contributed by atoms with Crippen molar-refractivity contribution in [1.29, 1.82) is 0 Å². The molecule has 3 heterocycles. The second kappa shape index (κ2) is 6.51. The van der Waals surface area contributed by atoms with Crippen LogP contribution in [0.25, 0.3) is 0 Å². The number of pyridine rings is 1. The van der Waals surface area contributed by atoms with E-state index in [1.807, 2.05) is 51.9 Å². The number of carbonyl (C=O) groups is 1. The molecule has 1 aromatic carbocycles. The van der Waals surface area contributed by atoms with Crippen LogP contribution in [0.2, 0.25) is 0 Å². The smallest absolute Gasteiger partial charge is 0.250 e. The fourth-order valence-corrected chi connectivity index (χ4v) is 4.54. The number of nitrogens with zero attached hydrogens (tertiary/aromatic N) is 2. The Bertz CT molecular complexity index is 827. The van der Waals surface area contributed by atoms with Crippen LogP contribution in [0, 0.1) is 5.92 Å². The van der Waals surface area contributed by atoms with Crippen LogP contribution in [0.3, 0.4) is 0 Å². The van der Waals surface area contributed by atoms with Crippen LogP contribution in [-0.2, 0) is 11.3 Å². The van der Waals surface area contributed by atoms with Gasteiger partial charge in [-0.15, -0.1) is 0 Å². The highest BCUT2D eigenvalue weighted by atomic mass is 16.2. The summed E-state index contributed by atoms with van der Waals surface area (Å²) in [6.07, 6.45) is 1.89. The van der Waals surface area contributed by atoms with E-state index in [-0.39, 0.29) is 23.3 Å². The van der Waals surface area contributed by atoms with Crippen molar-refractivity contribution in [2.24, 2.45) is 5.92 Å². The van der Waals surface area contributed by atoms with Gasteiger partial charge in [-0.3, -0.25) is 9.59 Å². The van der Waals surface area contributed by atoms with Gasteiger partial charge in [-0.2, -0.15) is 0 Å². The molecular formula is C21H24N2O2. The normalized spacial score (nSPS) is 23.0. The molecule has 4 heteroatoms. The summed E-state index contributed by atoms with van der Waals surface area (Å²) in [6.45, 7) is 4.30. The number of hydrogen-bond acceptors (Lipinski definition) is 2. The zero-order valence-electron chi connectivity index (χ0n) is 14.6. The summed E-state index contributed by atoms with van der Waals surface area (Å²) in [5.74, 6) is 0.815. The first-order chi connectivity index (χ1) is 12.2. The molecule has 4 nitrogen and oxygen atoms in total. The van der Waals surface area contributed by atoms with Crippen LogP contribution in [0.1, 0.15) is 42.9 Å². The molecular weight excluding hydrogens is 312 g/mol. The fraction of sp³-hybridized carbons (Fsp3) is 0.429. The quantitative estimate of drug-likeness (QED) is 0.865. The van der Waals surface area contributed by atoms with E-state index in [9.17, 15) is 9.59 Å². The number of aromatic nitrogens is 1. The second-order valence-electron chi connectivity index (χ2n) is 7.31. The molecule has 0 radical (unpaired) electrons. The molecule has 0 N–H and O–H groups in total. The molecule has 1 saturated heterocycles. The number of fused-ring (bicyclic) bond motifs is 4. The molecule has 4 rings (SSSR count). The fourth-order valence-electron chi connectivity index (χ4n) is 4.54. The van der Waals surface area contributed by atoms with Crippen molar-refractivity contribution in [3.05, 3.63) is 70.1 Å². The van der Waals surface area contributed by atoms with Crippen molar-refractivity contribution in [1.82, 2.24) is 9.47 Å². The lowest BCUT2D eigenvalue weighted by atomic mass is 9.82. The molecule has 2 aliphatic rings. The zero-order chi connectivity index (χ0) is 17.4. The molecule has 0 spiro atoms. The van der Waals surface area contributed by atoms with Crippen LogP contribution in [-0.4, -0.2) is 28.5 Å². The van der Waals surface area contributed by atoms with E-state index < -0.39 is 0 Å². The van der Waals surface area contributed by atoms with Gasteiger partial charge in [0.05, 0.1) is 5.92 Å². The third-order valence-corrected chi connectivity index (χ3v) is 5.70. The summed E-state index contributed by atoms with van der Waals surface area (Å²) in [7, 11) is 0. The van der Waals surface area contributed by atoms with Crippen LogP contribution in [0.15, 0.2) is 53.3 Å². The monoisotopic (exact) mass is 336 g/mol. The summed E-state index contributed by atoms with van der Waals surface area (Å²) in [5.41, 5.74) is 2.28. The van der Waals surface area contributed by atoms with Crippen LogP contribution in [0.4, 0.5) is 0 Å². The SMILES string of the molecule is CC[C@@H](C(=O)N1C[C@H]2C[C@@H](C1)c1cccc(=O)n1C2)c1ccccc1. The lowest BCUT2D eigenvalue weighted by Gasteiger charge is -2.43. The Kier molecular flexibility index (Phi) is 4.20. The van der Waals surface area contributed by atoms with Gasteiger partial charge in [0.25, 0.3) is 5.56 Å². The molecule has 0 saturated carbocycles. The molecule has 1 amide bonds. The molecule has 3 atom stereocenters. The van der Waals surface area contributed by atoms with Gasteiger partial charge >= 0.3 is 0 Å². The van der Waals surface area contributed by atoms with Gasteiger partial charge in [0.15, 0.2) is 0 Å². The van der Waals surface area contributed by atoms with Crippen molar-refractivity contribution in [2.75, 3.05) is 13.1 Å². The number of carbonyl (C=O) groups excluding carboxylic acids is 1. The lowest BCUT2D eigenvalue weighted by molar-refractivity contribution is -0.135. The van der Waals surface area contributed by atoms with E-state index in [2.05, 4.69) is 6.92 Å². The lowest BCUT2D eigenvalue weighted by Crippen LogP contribution is -2.50. The van der Waals surface area contributed by atoms with Gasteiger partial charge in [-0.1, -0.05) is 43.3 Å². The van der Waals surface area contributed by atoms with E-state index in [1.165, 1.54) is 0 Å². The average molecular weight is 336 g/mol. The summed E-state index contributed by atoms with van der Waals surface area (Å²) in [6, 6.07) is 15.6. The first-order valence-electron chi connectivity index (χ1n) is 9.21. The van der Waals surface area contributed by atoms with Gasteiger partial charge < -0.3 is 9.47 Å². The standard InChI is InChI=1S/C21H24N2O2/c1-2-18(16-7-4-3-5-8-16)21(25)22-12-15-11-17(14-22)19-9-6-10-20(24)23(19)13-15/h3-10,15,17-18H,2,11-14H2,1H3/t15-,17+,18-/m1/s1. The molecule has 2 aromatic rings. The van der Waals surface area contributed by atoms with Gasteiger partial charge in [-0.05, 0) is 30.4 Å². The van der Waals surface area contributed by atoms with Crippen molar-refractivity contribution < 1.29 is 4.79 Å². The van der Waals surface area contributed by atoms with Crippen molar-refractivity contribution in [3.63, 3.8) is 0 Å². The largest absolute Gasteiger partial charge is 0.341 e. The number of piperidine rings is 1. The topological polar surface area (TPSA) is 42.3 Å². The molecule has 0 aliphatic carbocycles. The number of rotatable bonds is 3. The summed E-state index contributed by atoms with van der Waals surface area (Å²) in [5, 5.41) is 0. The Labute approximate surface area is 148 Å². The highest BCUT2D eigenvalue weighted by Crippen LogP contribution is 2.36. The number of amides is 1. The van der Waals surface area contributed by atoms with E-state index in [1.54, 1.807) is 6.07 Å². The Morgan fingerprint density at radius 2 is 1.88 bits per heavy atom. The third-order valence-electron chi connectivity index (χ3n) is 5.70. The van der Waals surface area contributed by atoms with Crippen LogP contribution in [0.5, 0.6) is 0 Å². The highest BCUT2D eigenvalue weighted by Gasteiger charge is 2.37. The van der Waals surface area contributed by atoms with Gasteiger partial charge in [0, 0.05) is 37.3 Å². The predicted molar refractivity (Wildman–Crippen MR) is 97.6 cm³/mol. The first-order valence-corrected chi connectivity index (χ1v) is 9.21. The summed E-state index contributed by atoms with van der Waals surface area (Å²) in [4.78, 5) is 27.4. The predicted octanol–water partition coefficient (Wildman–Crippen LogP) is 2.99. The van der Waals surface area contributed by atoms with Crippen molar-refractivity contribution in [3.8, 4) is 0 Å². The molecule has 2 aliphatic heterocycles. The van der Waals surface area contributed by atoms with E-state index in [4.69, 9.17) is 0 Å². The van der Waals surface area contributed by atoms with Crippen LogP contribution >= 0.6 is 0 Å². The first kappa shape index (κ1) is 16.1. The average Bonchev–Trinajstić information content (AvgIpc) is 2.64. The number of likely N-dealkylation sites (tertiary alicyclic amines) is 1. The molecule has 0 unspecified atom stereocenters. The number of benzene rings is 1. The maximum absolute atomic E-state index is 13.2. The Balaban J connectivity index is 1.59.